The molecule has 5 heteroatoms. The van der Waals surface area contributed by atoms with Crippen LogP contribution >= 0.6 is 11.8 Å². The number of benzene rings is 1. The fraction of sp³-hybridized carbons (Fsp3) is 0.467. The first kappa shape index (κ1) is 16.6. The summed E-state index contributed by atoms with van der Waals surface area (Å²) in [5, 5.41) is 2.76. The Morgan fingerprint density at radius 3 is 2.65 bits per heavy atom. The van der Waals surface area contributed by atoms with Gasteiger partial charge in [0.1, 0.15) is 6.04 Å². The fourth-order valence-electron chi connectivity index (χ4n) is 1.84. The van der Waals surface area contributed by atoms with Gasteiger partial charge in [-0.3, -0.25) is 4.79 Å². The summed E-state index contributed by atoms with van der Waals surface area (Å²) in [5.41, 5.74) is 2.50. The number of esters is 1. The normalized spacial score (nSPS) is 11.8. The van der Waals surface area contributed by atoms with Crippen molar-refractivity contribution in [2.24, 2.45) is 0 Å². The number of hydrogen-bond donors (Lipinski definition) is 1. The molecule has 1 aromatic rings. The molecule has 0 aliphatic carbocycles. The third kappa shape index (κ3) is 4.56. The molecule has 1 atom stereocenters. The number of rotatable bonds is 6. The van der Waals surface area contributed by atoms with Gasteiger partial charge in [0.15, 0.2) is 0 Å². The van der Waals surface area contributed by atoms with Crippen LogP contribution in [-0.4, -0.2) is 37.0 Å². The predicted octanol–water partition coefficient (Wildman–Crippen LogP) is 2.33. The highest BCUT2D eigenvalue weighted by atomic mass is 32.2. The first-order valence-corrected chi connectivity index (χ1v) is 7.84. The van der Waals surface area contributed by atoms with Gasteiger partial charge in [0, 0.05) is 5.56 Å². The lowest BCUT2D eigenvalue weighted by Crippen LogP contribution is -2.42. The molecule has 110 valence electrons. The van der Waals surface area contributed by atoms with Crippen molar-refractivity contribution in [1.29, 1.82) is 0 Å². The van der Waals surface area contributed by atoms with Crippen LogP contribution in [-0.2, 0) is 9.53 Å². The standard InChI is InChI=1S/C15H21NO3S/c1-10-5-6-11(2)12(9-10)14(17)16-13(7-8-20-4)15(18)19-3/h5-6,9,13H,7-8H2,1-4H3,(H,16,17)/t13-/m0/s1. The molecule has 0 saturated heterocycles. The van der Waals surface area contributed by atoms with Crippen molar-refractivity contribution in [1.82, 2.24) is 5.32 Å². The van der Waals surface area contributed by atoms with Gasteiger partial charge in [-0.2, -0.15) is 11.8 Å². The molecule has 0 fully saturated rings. The van der Waals surface area contributed by atoms with E-state index in [2.05, 4.69) is 5.32 Å². The van der Waals surface area contributed by atoms with E-state index in [0.29, 0.717) is 12.0 Å². The number of nitrogens with one attached hydrogen (secondary N) is 1. The second-order valence-electron chi connectivity index (χ2n) is 4.65. The smallest absolute Gasteiger partial charge is 0.328 e. The Morgan fingerprint density at radius 2 is 2.05 bits per heavy atom. The van der Waals surface area contributed by atoms with Crippen LogP contribution in [0.1, 0.15) is 27.9 Å². The molecule has 1 N–H and O–H groups in total. The topological polar surface area (TPSA) is 55.4 Å². The molecule has 0 heterocycles. The Balaban J connectivity index is 2.84. The minimum atomic E-state index is -0.597. The molecule has 0 unspecified atom stereocenters. The van der Waals surface area contributed by atoms with E-state index in [-0.39, 0.29) is 5.91 Å². The van der Waals surface area contributed by atoms with E-state index in [1.807, 2.05) is 38.3 Å². The molecular weight excluding hydrogens is 274 g/mol. The summed E-state index contributed by atoms with van der Waals surface area (Å²) in [4.78, 5) is 24.0. The van der Waals surface area contributed by atoms with Crippen molar-refractivity contribution < 1.29 is 14.3 Å². The van der Waals surface area contributed by atoms with Gasteiger partial charge in [0.05, 0.1) is 7.11 Å². The van der Waals surface area contributed by atoms with Gasteiger partial charge < -0.3 is 10.1 Å². The van der Waals surface area contributed by atoms with E-state index in [1.54, 1.807) is 11.8 Å². The lowest BCUT2D eigenvalue weighted by atomic mass is 10.0. The minimum absolute atomic E-state index is 0.234. The second kappa shape index (κ2) is 7.94. The highest BCUT2D eigenvalue weighted by Gasteiger charge is 2.22. The Morgan fingerprint density at radius 1 is 1.35 bits per heavy atom. The maximum absolute atomic E-state index is 12.3. The zero-order chi connectivity index (χ0) is 15.1. The zero-order valence-electron chi connectivity index (χ0n) is 12.4. The molecular formula is C15H21NO3S. The third-order valence-electron chi connectivity index (χ3n) is 3.04. The number of hydrogen-bond acceptors (Lipinski definition) is 4. The van der Waals surface area contributed by atoms with E-state index in [0.717, 1.165) is 16.9 Å². The van der Waals surface area contributed by atoms with Crippen LogP contribution in [0, 0.1) is 13.8 Å². The van der Waals surface area contributed by atoms with E-state index in [4.69, 9.17) is 4.74 Å². The molecule has 1 amide bonds. The second-order valence-corrected chi connectivity index (χ2v) is 5.63. The first-order chi connectivity index (χ1) is 9.49. The molecule has 0 aliphatic rings. The molecule has 1 rings (SSSR count). The van der Waals surface area contributed by atoms with Crippen molar-refractivity contribution in [3.05, 3.63) is 34.9 Å². The highest BCUT2D eigenvalue weighted by molar-refractivity contribution is 7.98. The SMILES string of the molecule is COC(=O)[C@H](CCSC)NC(=O)c1cc(C)ccc1C. The van der Waals surface area contributed by atoms with Crippen molar-refractivity contribution in [3.63, 3.8) is 0 Å². The maximum Gasteiger partial charge on any atom is 0.328 e. The molecule has 0 saturated carbocycles. The zero-order valence-corrected chi connectivity index (χ0v) is 13.2. The van der Waals surface area contributed by atoms with Crippen LogP contribution in [0.4, 0.5) is 0 Å². The van der Waals surface area contributed by atoms with E-state index < -0.39 is 12.0 Å². The van der Waals surface area contributed by atoms with Gasteiger partial charge in [-0.05, 0) is 43.9 Å². The average Bonchev–Trinajstić information content (AvgIpc) is 2.44. The molecule has 1 aromatic carbocycles. The van der Waals surface area contributed by atoms with Crippen LogP contribution in [0.3, 0.4) is 0 Å². The molecule has 4 nitrogen and oxygen atoms in total. The molecule has 0 bridgehead atoms. The summed E-state index contributed by atoms with van der Waals surface area (Å²) >= 11 is 1.63. The summed E-state index contributed by atoms with van der Waals surface area (Å²) in [7, 11) is 1.33. The molecule has 20 heavy (non-hydrogen) atoms. The largest absolute Gasteiger partial charge is 0.467 e. The number of carbonyl (C=O) groups excluding carboxylic acids is 2. The molecule has 0 aromatic heterocycles. The van der Waals surface area contributed by atoms with E-state index in [9.17, 15) is 9.59 Å². The van der Waals surface area contributed by atoms with Crippen molar-refractivity contribution in [3.8, 4) is 0 Å². The van der Waals surface area contributed by atoms with Gasteiger partial charge in [-0.1, -0.05) is 17.7 Å². The van der Waals surface area contributed by atoms with Crippen LogP contribution in [0.2, 0.25) is 0 Å². The van der Waals surface area contributed by atoms with Crippen LogP contribution < -0.4 is 5.32 Å². The molecule has 0 spiro atoms. The van der Waals surface area contributed by atoms with Gasteiger partial charge in [-0.25, -0.2) is 4.79 Å². The summed E-state index contributed by atoms with van der Waals surface area (Å²) in [6, 6.07) is 5.09. The predicted molar refractivity (Wildman–Crippen MR) is 82.2 cm³/mol. The summed E-state index contributed by atoms with van der Waals surface area (Å²) in [6.45, 7) is 3.81. The average molecular weight is 295 g/mol. The Labute approximate surface area is 124 Å². The fourth-order valence-corrected chi connectivity index (χ4v) is 2.31. The first-order valence-electron chi connectivity index (χ1n) is 6.44. The van der Waals surface area contributed by atoms with Gasteiger partial charge in [0.25, 0.3) is 5.91 Å². The van der Waals surface area contributed by atoms with Crippen LogP contribution in [0.15, 0.2) is 18.2 Å². The number of thioether (sulfide) groups is 1. The highest BCUT2D eigenvalue weighted by Crippen LogP contribution is 2.12. The lowest BCUT2D eigenvalue weighted by molar-refractivity contribution is -0.142. The minimum Gasteiger partial charge on any atom is -0.467 e. The lowest BCUT2D eigenvalue weighted by Gasteiger charge is -2.17. The van der Waals surface area contributed by atoms with E-state index >= 15 is 0 Å². The molecule has 0 aliphatic heterocycles. The number of ether oxygens (including phenoxy) is 1. The number of carbonyl (C=O) groups is 2. The Kier molecular flexibility index (Phi) is 6.58. The third-order valence-corrected chi connectivity index (χ3v) is 3.68. The van der Waals surface area contributed by atoms with Gasteiger partial charge >= 0.3 is 5.97 Å². The van der Waals surface area contributed by atoms with Crippen molar-refractivity contribution in [2.75, 3.05) is 19.1 Å². The monoisotopic (exact) mass is 295 g/mol. The van der Waals surface area contributed by atoms with Crippen LogP contribution in [0.25, 0.3) is 0 Å². The number of amides is 1. The Hall–Kier alpha value is -1.49. The maximum atomic E-state index is 12.3. The summed E-state index contributed by atoms with van der Waals surface area (Å²) < 4.78 is 4.74. The number of aryl methyl sites for hydroxylation is 2. The van der Waals surface area contributed by atoms with Crippen molar-refractivity contribution in [2.45, 2.75) is 26.3 Å². The number of methoxy groups -OCH3 is 1. The summed E-state index contributed by atoms with van der Waals surface area (Å²) in [5.74, 6) is 0.146. The summed E-state index contributed by atoms with van der Waals surface area (Å²) in [6.07, 6.45) is 2.52. The molecule has 0 radical (unpaired) electrons. The van der Waals surface area contributed by atoms with Crippen molar-refractivity contribution >= 4 is 23.6 Å². The van der Waals surface area contributed by atoms with Gasteiger partial charge in [0.2, 0.25) is 0 Å². The van der Waals surface area contributed by atoms with Crippen LogP contribution in [0.5, 0.6) is 0 Å². The Bertz CT molecular complexity index is 488. The van der Waals surface area contributed by atoms with E-state index in [1.165, 1.54) is 7.11 Å². The van der Waals surface area contributed by atoms with Gasteiger partial charge in [-0.15, -0.1) is 0 Å². The quantitative estimate of drug-likeness (QED) is 0.818.